The Morgan fingerprint density at radius 1 is 1.24 bits per heavy atom. The molecule has 0 aliphatic rings. The quantitative estimate of drug-likeness (QED) is 0.824. The van der Waals surface area contributed by atoms with E-state index in [1.54, 1.807) is 0 Å². The molecule has 3 nitrogen and oxygen atoms in total. The third-order valence-corrected chi connectivity index (χ3v) is 3.14. The Balaban J connectivity index is 3.17. The minimum atomic E-state index is -0.769. The predicted molar refractivity (Wildman–Crippen MR) is 69.1 cm³/mol. The summed E-state index contributed by atoms with van der Waals surface area (Å²) in [5, 5.41) is 9.44. The molecule has 3 heteroatoms. The highest BCUT2D eigenvalue weighted by Gasteiger charge is 2.26. The molecule has 17 heavy (non-hydrogen) atoms. The molecule has 0 aromatic heterocycles. The van der Waals surface area contributed by atoms with Crippen LogP contribution in [-0.4, -0.2) is 29.1 Å². The lowest BCUT2D eigenvalue weighted by Gasteiger charge is -2.27. The van der Waals surface area contributed by atoms with Crippen LogP contribution in [0.25, 0.3) is 0 Å². The standard InChI is InChI=1S/C14H21NO2/c1-4-11-9-7-8-10-12(11)13(14(16)17)15(5-2)6-3/h7-10,13H,4-6H2,1-3H3,(H,16,17). The SMILES string of the molecule is CCc1ccccc1C(C(=O)O)N(CC)CC. The molecule has 0 radical (unpaired) electrons. The molecule has 1 N–H and O–H groups in total. The summed E-state index contributed by atoms with van der Waals surface area (Å²) in [5.74, 6) is -0.769. The van der Waals surface area contributed by atoms with Crippen LogP contribution < -0.4 is 0 Å². The van der Waals surface area contributed by atoms with Crippen molar-refractivity contribution in [2.75, 3.05) is 13.1 Å². The van der Waals surface area contributed by atoms with Gasteiger partial charge in [-0.25, -0.2) is 0 Å². The lowest BCUT2D eigenvalue weighted by molar-refractivity contribution is -0.143. The van der Waals surface area contributed by atoms with Crippen LogP contribution in [0.15, 0.2) is 24.3 Å². The Morgan fingerprint density at radius 3 is 2.29 bits per heavy atom. The van der Waals surface area contributed by atoms with Crippen molar-refractivity contribution in [1.29, 1.82) is 0 Å². The van der Waals surface area contributed by atoms with Crippen molar-refractivity contribution >= 4 is 5.97 Å². The van der Waals surface area contributed by atoms with Gasteiger partial charge in [0.05, 0.1) is 0 Å². The molecule has 1 aromatic rings. The summed E-state index contributed by atoms with van der Waals surface area (Å²) >= 11 is 0. The van der Waals surface area contributed by atoms with Gasteiger partial charge in [0.15, 0.2) is 0 Å². The molecular formula is C14H21NO2. The molecule has 0 spiro atoms. The number of hydrogen-bond donors (Lipinski definition) is 1. The van der Waals surface area contributed by atoms with E-state index in [1.165, 1.54) is 0 Å². The monoisotopic (exact) mass is 235 g/mol. The zero-order chi connectivity index (χ0) is 12.8. The number of likely N-dealkylation sites (N-methyl/N-ethyl adjacent to an activating group) is 1. The van der Waals surface area contributed by atoms with Gasteiger partial charge in [-0.15, -0.1) is 0 Å². The molecule has 0 aliphatic carbocycles. The van der Waals surface area contributed by atoms with Crippen molar-refractivity contribution in [1.82, 2.24) is 4.90 Å². The summed E-state index contributed by atoms with van der Waals surface area (Å²) in [7, 11) is 0. The summed E-state index contributed by atoms with van der Waals surface area (Å²) in [5.41, 5.74) is 2.04. The number of aliphatic carboxylic acids is 1. The van der Waals surface area contributed by atoms with Gasteiger partial charge in [-0.05, 0) is 30.6 Å². The molecule has 0 fully saturated rings. The number of aryl methyl sites for hydroxylation is 1. The van der Waals surface area contributed by atoms with Crippen LogP contribution in [0.5, 0.6) is 0 Å². The largest absolute Gasteiger partial charge is 0.480 e. The smallest absolute Gasteiger partial charge is 0.325 e. The molecular weight excluding hydrogens is 214 g/mol. The van der Waals surface area contributed by atoms with Crippen LogP contribution in [0.3, 0.4) is 0 Å². The van der Waals surface area contributed by atoms with Crippen LogP contribution in [0.1, 0.15) is 37.9 Å². The molecule has 0 aliphatic heterocycles. The van der Waals surface area contributed by atoms with E-state index in [0.29, 0.717) is 0 Å². The minimum Gasteiger partial charge on any atom is -0.480 e. The third-order valence-electron chi connectivity index (χ3n) is 3.14. The fourth-order valence-electron chi connectivity index (χ4n) is 2.20. The van der Waals surface area contributed by atoms with E-state index in [1.807, 2.05) is 43.0 Å². The van der Waals surface area contributed by atoms with Gasteiger partial charge in [0.1, 0.15) is 6.04 Å². The first kappa shape index (κ1) is 13.7. The van der Waals surface area contributed by atoms with Crippen molar-refractivity contribution in [3.8, 4) is 0 Å². The summed E-state index contributed by atoms with van der Waals surface area (Å²) in [6.07, 6.45) is 0.862. The van der Waals surface area contributed by atoms with Gasteiger partial charge in [0, 0.05) is 0 Å². The molecule has 1 rings (SSSR count). The number of carboxylic acid groups (broad SMARTS) is 1. The van der Waals surface area contributed by atoms with Crippen LogP contribution in [0, 0.1) is 0 Å². The summed E-state index contributed by atoms with van der Waals surface area (Å²) in [6.45, 7) is 7.53. The lowest BCUT2D eigenvalue weighted by Crippen LogP contribution is -2.34. The first-order valence-corrected chi connectivity index (χ1v) is 6.20. The zero-order valence-corrected chi connectivity index (χ0v) is 10.8. The lowest BCUT2D eigenvalue weighted by atomic mass is 9.97. The maximum absolute atomic E-state index is 11.5. The topological polar surface area (TPSA) is 40.5 Å². The van der Waals surface area contributed by atoms with E-state index in [9.17, 15) is 9.90 Å². The normalized spacial score (nSPS) is 12.7. The van der Waals surface area contributed by atoms with Crippen molar-refractivity contribution < 1.29 is 9.90 Å². The van der Waals surface area contributed by atoms with Gasteiger partial charge >= 0.3 is 5.97 Å². The van der Waals surface area contributed by atoms with Crippen molar-refractivity contribution in [3.63, 3.8) is 0 Å². The highest BCUT2D eigenvalue weighted by atomic mass is 16.4. The van der Waals surface area contributed by atoms with Gasteiger partial charge in [0.2, 0.25) is 0 Å². The number of hydrogen-bond acceptors (Lipinski definition) is 2. The maximum atomic E-state index is 11.5. The molecule has 1 atom stereocenters. The van der Waals surface area contributed by atoms with E-state index < -0.39 is 12.0 Å². The van der Waals surface area contributed by atoms with Crippen LogP contribution in [0.4, 0.5) is 0 Å². The molecule has 0 heterocycles. The number of nitrogens with zero attached hydrogens (tertiary/aromatic N) is 1. The van der Waals surface area contributed by atoms with Crippen molar-refractivity contribution in [2.24, 2.45) is 0 Å². The Kier molecular flexibility index (Phi) is 5.16. The van der Waals surface area contributed by atoms with E-state index in [4.69, 9.17) is 0 Å². The molecule has 0 saturated heterocycles. The summed E-state index contributed by atoms with van der Waals surface area (Å²) in [4.78, 5) is 13.5. The van der Waals surface area contributed by atoms with Gasteiger partial charge in [-0.3, -0.25) is 9.69 Å². The molecule has 0 saturated carbocycles. The van der Waals surface area contributed by atoms with Crippen LogP contribution >= 0.6 is 0 Å². The maximum Gasteiger partial charge on any atom is 0.325 e. The number of benzene rings is 1. The number of carbonyl (C=O) groups is 1. The Hall–Kier alpha value is -1.35. The van der Waals surface area contributed by atoms with Crippen LogP contribution in [0.2, 0.25) is 0 Å². The second-order valence-electron chi connectivity index (χ2n) is 4.01. The summed E-state index contributed by atoms with van der Waals surface area (Å²) in [6, 6.07) is 7.28. The number of rotatable bonds is 6. The molecule has 0 bridgehead atoms. The first-order chi connectivity index (χ1) is 8.15. The first-order valence-electron chi connectivity index (χ1n) is 6.20. The second-order valence-corrected chi connectivity index (χ2v) is 4.01. The Bertz CT molecular complexity index is 372. The molecule has 0 amide bonds. The zero-order valence-electron chi connectivity index (χ0n) is 10.8. The highest BCUT2D eigenvalue weighted by molar-refractivity contribution is 5.76. The van der Waals surface area contributed by atoms with Crippen LogP contribution in [-0.2, 0) is 11.2 Å². The summed E-state index contributed by atoms with van der Waals surface area (Å²) < 4.78 is 0. The molecule has 94 valence electrons. The molecule has 1 aromatic carbocycles. The highest BCUT2D eigenvalue weighted by Crippen LogP contribution is 2.24. The molecule has 1 unspecified atom stereocenters. The minimum absolute atomic E-state index is 0.527. The third kappa shape index (κ3) is 3.07. The van der Waals surface area contributed by atoms with Crippen molar-refractivity contribution in [2.45, 2.75) is 33.2 Å². The fourth-order valence-corrected chi connectivity index (χ4v) is 2.20. The Labute approximate surface area is 103 Å². The Morgan fingerprint density at radius 2 is 1.82 bits per heavy atom. The fraction of sp³-hybridized carbons (Fsp3) is 0.500. The van der Waals surface area contributed by atoms with E-state index in [-0.39, 0.29) is 0 Å². The van der Waals surface area contributed by atoms with Gasteiger partial charge < -0.3 is 5.11 Å². The van der Waals surface area contributed by atoms with Gasteiger partial charge in [-0.1, -0.05) is 45.0 Å². The average molecular weight is 235 g/mol. The predicted octanol–water partition coefficient (Wildman–Crippen LogP) is 2.72. The van der Waals surface area contributed by atoms with Gasteiger partial charge in [-0.2, -0.15) is 0 Å². The average Bonchev–Trinajstić information content (AvgIpc) is 2.35. The van der Waals surface area contributed by atoms with Crippen molar-refractivity contribution in [3.05, 3.63) is 35.4 Å². The van der Waals surface area contributed by atoms with Gasteiger partial charge in [0.25, 0.3) is 0 Å². The second kappa shape index (κ2) is 6.40. The number of carboxylic acids is 1. The van der Waals surface area contributed by atoms with E-state index in [0.717, 1.165) is 30.6 Å². The van der Waals surface area contributed by atoms with E-state index >= 15 is 0 Å². The van der Waals surface area contributed by atoms with E-state index in [2.05, 4.69) is 6.92 Å².